The molecular weight excluding hydrogens is 348 g/mol. The summed E-state index contributed by atoms with van der Waals surface area (Å²) in [6.07, 6.45) is 0.532. The highest BCUT2D eigenvalue weighted by Gasteiger charge is 2.17. The van der Waals surface area contributed by atoms with Crippen molar-refractivity contribution in [2.45, 2.75) is 26.9 Å². The predicted octanol–water partition coefficient (Wildman–Crippen LogP) is 2.64. The van der Waals surface area contributed by atoms with Crippen LogP contribution in [-0.4, -0.2) is 44.3 Å². The topological polar surface area (TPSA) is 93.9 Å². The Bertz CT molecular complexity index is 754. The van der Waals surface area contributed by atoms with E-state index in [0.29, 0.717) is 23.4 Å². The summed E-state index contributed by atoms with van der Waals surface area (Å²) in [6.45, 7) is 7.67. The molecule has 0 saturated heterocycles. The van der Waals surface area contributed by atoms with E-state index in [1.165, 1.54) is 21.3 Å². The van der Waals surface area contributed by atoms with Crippen LogP contribution in [0.2, 0.25) is 0 Å². The van der Waals surface area contributed by atoms with E-state index in [2.05, 4.69) is 27.4 Å². The van der Waals surface area contributed by atoms with Crippen LogP contribution in [0.15, 0.2) is 51.9 Å². The van der Waals surface area contributed by atoms with Crippen LogP contribution in [0, 0.1) is 0 Å². The Kier molecular flexibility index (Phi) is 9.28. The van der Waals surface area contributed by atoms with E-state index >= 15 is 0 Å². The third kappa shape index (κ3) is 6.93. The van der Waals surface area contributed by atoms with Crippen molar-refractivity contribution in [3.63, 3.8) is 0 Å². The third-order valence-corrected chi connectivity index (χ3v) is 3.41. The van der Waals surface area contributed by atoms with Crippen molar-refractivity contribution in [2.24, 2.45) is 15.5 Å². The van der Waals surface area contributed by atoms with Crippen LogP contribution in [-0.2, 0) is 25.9 Å². The highest BCUT2D eigenvalue weighted by atomic mass is 16.6. The minimum Gasteiger partial charge on any atom is -0.399 e. The number of amides is 1. The molecule has 0 aliphatic heterocycles. The molecule has 1 amide bonds. The fourth-order valence-corrected chi connectivity index (χ4v) is 2.17. The van der Waals surface area contributed by atoms with E-state index in [-0.39, 0.29) is 18.2 Å². The normalized spacial score (nSPS) is 12.4. The van der Waals surface area contributed by atoms with Gasteiger partial charge in [0, 0.05) is 24.6 Å². The second kappa shape index (κ2) is 11.5. The second-order valence-electron chi connectivity index (χ2n) is 5.66. The van der Waals surface area contributed by atoms with Crippen molar-refractivity contribution in [1.29, 1.82) is 0 Å². The molecule has 0 heterocycles. The van der Waals surface area contributed by atoms with E-state index in [0.717, 1.165) is 11.1 Å². The van der Waals surface area contributed by atoms with E-state index in [1.54, 1.807) is 19.1 Å². The summed E-state index contributed by atoms with van der Waals surface area (Å²) in [4.78, 5) is 27.2. The van der Waals surface area contributed by atoms with Gasteiger partial charge in [-0.25, -0.2) is 0 Å². The van der Waals surface area contributed by atoms with Gasteiger partial charge < -0.3 is 19.8 Å². The van der Waals surface area contributed by atoms with Gasteiger partial charge in [0.15, 0.2) is 5.71 Å². The number of benzene rings is 1. The Morgan fingerprint density at radius 3 is 2.37 bits per heavy atom. The summed E-state index contributed by atoms with van der Waals surface area (Å²) in [5.74, 6) is -0.361. The van der Waals surface area contributed by atoms with Crippen LogP contribution in [0.25, 0.3) is 0 Å². The van der Waals surface area contributed by atoms with Crippen molar-refractivity contribution < 1.29 is 19.3 Å². The Hall–Kier alpha value is -3.16. The summed E-state index contributed by atoms with van der Waals surface area (Å²) in [7, 11) is 4.38. The number of likely N-dealkylation sites (N-methyl/N-ethyl adjacent to an activating group) is 1. The van der Waals surface area contributed by atoms with Gasteiger partial charge in [0.1, 0.15) is 32.2 Å². The van der Waals surface area contributed by atoms with Gasteiger partial charge in [0.2, 0.25) is 0 Å². The second-order valence-corrected chi connectivity index (χ2v) is 5.66. The lowest BCUT2D eigenvalue weighted by Gasteiger charge is -2.10. The number of oxime groups is 3. The molecule has 0 bridgehead atoms. The maximum Gasteiger partial charge on any atom is 0.273 e. The fraction of sp³-hybridized carbons (Fsp3) is 0.368. The molecule has 0 aliphatic carbocycles. The number of hydrogen-bond donors (Lipinski definition) is 1. The molecule has 0 unspecified atom stereocenters. The van der Waals surface area contributed by atoms with Crippen molar-refractivity contribution in [2.75, 3.05) is 21.3 Å². The summed E-state index contributed by atoms with van der Waals surface area (Å²) < 4.78 is 0. The van der Waals surface area contributed by atoms with Crippen LogP contribution in [0.1, 0.15) is 31.4 Å². The molecule has 1 rings (SSSR count). The van der Waals surface area contributed by atoms with Gasteiger partial charge in [0.05, 0.1) is 0 Å². The van der Waals surface area contributed by atoms with E-state index in [4.69, 9.17) is 14.5 Å². The summed E-state index contributed by atoms with van der Waals surface area (Å²) in [5, 5.41) is 14.4. The molecule has 0 saturated carbocycles. The monoisotopic (exact) mass is 374 g/mol. The Morgan fingerprint density at radius 1 is 1.11 bits per heavy atom. The van der Waals surface area contributed by atoms with Crippen molar-refractivity contribution in [3.05, 3.63) is 47.5 Å². The number of carbonyl (C=O) groups excluding carboxylic acids is 1. The van der Waals surface area contributed by atoms with Gasteiger partial charge in [-0.1, -0.05) is 51.9 Å². The molecule has 0 aliphatic rings. The van der Waals surface area contributed by atoms with Crippen LogP contribution in [0.5, 0.6) is 0 Å². The largest absolute Gasteiger partial charge is 0.399 e. The third-order valence-electron chi connectivity index (χ3n) is 3.41. The van der Waals surface area contributed by atoms with Crippen molar-refractivity contribution >= 4 is 23.0 Å². The van der Waals surface area contributed by atoms with Crippen molar-refractivity contribution in [1.82, 2.24) is 5.32 Å². The lowest BCUT2D eigenvalue weighted by Crippen LogP contribution is -2.29. The smallest absolute Gasteiger partial charge is 0.273 e. The molecule has 0 radical (unpaired) electrons. The SMILES string of the molecule is C=C(C)CC(=N\OC)/C(C)=N/OCc1ccccc1/C(=N\OC)C(=O)NC. The number of allylic oxidation sites excluding steroid dienone is 1. The summed E-state index contributed by atoms with van der Waals surface area (Å²) in [6, 6.07) is 7.23. The number of hydrogen-bond acceptors (Lipinski definition) is 7. The first kappa shape index (κ1) is 21.9. The maximum atomic E-state index is 12.1. The maximum absolute atomic E-state index is 12.1. The minimum absolute atomic E-state index is 0.139. The number of nitrogens with zero attached hydrogens (tertiary/aromatic N) is 3. The molecule has 146 valence electrons. The average molecular weight is 374 g/mol. The highest BCUT2D eigenvalue weighted by Crippen LogP contribution is 2.13. The molecule has 0 fully saturated rings. The van der Waals surface area contributed by atoms with Crippen LogP contribution in [0.4, 0.5) is 0 Å². The Labute approximate surface area is 159 Å². The Balaban J connectivity index is 3.01. The molecule has 0 atom stereocenters. The summed E-state index contributed by atoms with van der Waals surface area (Å²) in [5.41, 5.74) is 3.62. The standard InChI is InChI=1S/C19H26N4O4/c1-13(2)11-17(22-25-5)14(3)21-27-12-15-9-7-8-10-16(15)18(23-26-6)19(24)20-4/h7-10H,1,11-12H2,2-6H3,(H,20,24)/b21-14+,22-17+,23-18+. The van der Waals surface area contributed by atoms with E-state index in [9.17, 15) is 4.79 Å². The quantitative estimate of drug-likeness (QED) is 0.387. The molecule has 1 aromatic carbocycles. The Morgan fingerprint density at radius 2 is 1.78 bits per heavy atom. The van der Waals surface area contributed by atoms with Crippen molar-refractivity contribution in [3.8, 4) is 0 Å². The van der Waals surface area contributed by atoms with Gasteiger partial charge in [-0.2, -0.15) is 0 Å². The first-order valence-corrected chi connectivity index (χ1v) is 8.27. The molecule has 0 spiro atoms. The zero-order valence-electron chi connectivity index (χ0n) is 16.4. The average Bonchev–Trinajstić information content (AvgIpc) is 2.65. The summed E-state index contributed by atoms with van der Waals surface area (Å²) >= 11 is 0. The fourth-order valence-electron chi connectivity index (χ4n) is 2.17. The highest BCUT2D eigenvalue weighted by molar-refractivity contribution is 6.45. The van der Waals surface area contributed by atoms with Gasteiger partial charge in [-0.05, 0) is 13.8 Å². The van der Waals surface area contributed by atoms with Crippen LogP contribution < -0.4 is 5.32 Å². The molecule has 8 heteroatoms. The number of carbonyl (C=O) groups is 1. The molecule has 0 aromatic heterocycles. The van der Waals surface area contributed by atoms with Crippen LogP contribution in [0.3, 0.4) is 0 Å². The molecule has 27 heavy (non-hydrogen) atoms. The zero-order valence-corrected chi connectivity index (χ0v) is 16.4. The molecule has 1 aromatic rings. The number of rotatable bonds is 10. The predicted molar refractivity (Wildman–Crippen MR) is 106 cm³/mol. The first-order valence-electron chi connectivity index (χ1n) is 8.27. The zero-order chi connectivity index (χ0) is 20.2. The molecular formula is C19H26N4O4. The van der Waals surface area contributed by atoms with Gasteiger partial charge in [-0.15, -0.1) is 0 Å². The van der Waals surface area contributed by atoms with E-state index in [1.807, 2.05) is 19.1 Å². The molecule has 8 nitrogen and oxygen atoms in total. The van der Waals surface area contributed by atoms with E-state index < -0.39 is 0 Å². The van der Waals surface area contributed by atoms with Gasteiger partial charge in [0.25, 0.3) is 5.91 Å². The van der Waals surface area contributed by atoms with Gasteiger partial charge in [-0.3, -0.25) is 4.79 Å². The van der Waals surface area contributed by atoms with Gasteiger partial charge >= 0.3 is 0 Å². The molecule has 1 N–H and O–H groups in total. The first-order chi connectivity index (χ1) is 12.9. The lowest BCUT2D eigenvalue weighted by atomic mass is 10.0. The number of nitrogens with one attached hydrogen (secondary N) is 1. The minimum atomic E-state index is -0.361. The lowest BCUT2D eigenvalue weighted by molar-refractivity contribution is -0.114. The van der Waals surface area contributed by atoms with Crippen LogP contribution >= 0.6 is 0 Å².